The van der Waals surface area contributed by atoms with Crippen molar-refractivity contribution in [1.29, 1.82) is 0 Å². The summed E-state index contributed by atoms with van der Waals surface area (Å²) in [6.45, 7) is 6.33. The average molecular weight is 443 g/mol. The van der Waals surface area contributed by atoms with E-state index in [9.17, 15) is 13.2 Å². The molecule has 1 aliphatic heterocycles. The largest absolute Gasteiger partial charge is 0.344 e. The van der Waals surface area contributed by atoms with Crippen LogP contribution >= 0.6 is 0 Å². The summed E-state index contributed by atoms with van der Waals surface area (Å²) < 4.78 is 27.7. The van der Waals surface area contributed by atoms with E-state index in [1.807, 2.05) is 32.0 Å². The summed E-state index contributed by atoms with van der Waals surface area (Å²) in [5.41, 5.74) is 4.40. The van der Waals surface area contributed by atoms with E-state index in [2.05, 4.69) is 23.5 Å². The molecule has 0 saturated carbocycles. The van der Waals surface area contributed by atoms with Crippen LogP contribution in [0.4, 0.5) is 0 Å². The molecule has 31 heavy (non-hydrogen) atoms. The minimum Gasteiger partial charge on any atom is -0.344 e. The van der Waals surface area contributed by atoms with Gasteiger partial charge in [-0.15, -0.1) is 0 Å². The monoisotopic (exact) mass is 442 g/mol. The maximum Gasteiger partial charge on any atom is 0.275 e. The number of nitrogens with zero attached hydrogens (tertiary/aromatic N) is 1. The van der Waals surface area contributed by atoms with Crippen LogP contribution in [0.2, 0.25) is 0 Å². The van der Waals surface area contributed by atoms with E-state index in [-0.39, 0.29) is 11.9 Å². The number of fused-ring (bicyclic) bond motifs is 1. The summed E-state index contributed by atoms with van der Waals surface area (Å²) in [5.74, 6) is 0.0439. The van der Waals surface area contributed by atoms with Crippen LogP contribution in [-0.2, 0) is 21.2 Å². The van der Waals surface area contributed by atoms with Crippen molar-refractivity contribution in [1.82, 2.24) is 9.62 Å². The first-order valence-electron chi connectivity index (χ1n) is 11.1. The summed E-state index contributed by atoms with van der Waals surface area (Å²) in [6.07, 6.45) is 3.13. The van der Waals surface area contributed by atoms with E-state index in [1.165, 1.54) is 11.1 Å². The SMILES string of the molecule is Cc1ccc(S(=O)(=O)N2CC[NH+](CC(=O)N[C@@H]3CCCc4ccccc43)CC2)c(C)c1. The molecule has 1 atom stereocenters. The highest BCUT2D eigenvalue weighted by molar-refractivity contribution is 7.89. The lowest BCUT2D eigenvalue weighted by Gasteiger charge is -2.32. The number of piperazine rings is 1. The smallest absolute Gasteiger partial charge is 0.275 e. The van der Waals surface area contributed by atoms with Crippen LogP contribution < -0.4 is 10.2 Å². The molecule has 1 heterocycles. The van der Waals surface area contributed by atoms with Gasteiger partial charge in [0.2, 0.25) is 10.0 Å². The van der Waals surface area contributed by atoms with Gasteiger partial charge in [0.1, 0.15) is 0 Å². The number of amides is 1. The molecule has 2 aromatic carbocycles. The molecule has 1 fully saturated rings. The quantitative estimate of drug-likeness (QED) is 0.735. The van der Waals surface area contributed by atoms with Crippen molar-refractivity contribution in [2.75, 3.05) is 32.7 Å². The summed E-state index contributed by atoms with van der Waals surface area (Å²) in [6, 6.07) is 13.9. The molecule has 0 unspecified atom stereocenters. The number of aryl methyl sites for hydroxylation is 3. The normalized spacial score (nSPS) is 20.3. The number of carbonyl (C=O) groups excluding carboxylic acids is 1. The molecule has 2 N–H and O–H groups in total. The topological polar surface area (TPSA) is 70.9 Å². The third-order valence-corrected chi connectivity index (χ3v) is 8.55. The van der Waals surface area contributed by atoms with E-state index in [1.54, 1.807) is 10.4 Å². The van der Waals surface area contributed by atoms with Crippen LogP contribution in [0.3, 0.4) is 0 Å². The fraction of sp³-hybridized carbons (Fsp3) is 0.458. The van der Waals surface area contributed by atoms with Gasteiger partial charge in [-0.1, -0.05) is 42.0 Å². The first kappa shape index (κ1) is 22.0. The van der Waals surface area contributed by atoms with Gasteiger partial charge in [-0.25, -0.2) is 8.42 Å². The number of carbonyl (C=O) groups is 1. The zero-order valence-corrected chi connectivity index (χ0v) is 19.2. The molecule has 0 radical (unpaired) electrons. The number of quaternary nitrogens is 1. The minimum atomic E-state index is -3.50. The number of hydrogen-bond acceptors (Lipinski definition) is 3. The van der Waals surface area contributed by atoms with Crippen molar-refractivity contribution in [3.8, 4) is 0 Å². The third kappa shape index (κ3) is 4.84. The van der Waals surface area contributed by atoms with E-state index >= 15 is 0 Å². The highest BCUT2D eigenvalue weighted by Crippen LogP contribution is 2.29. The summed E-state index contributed by atoms with van der Waals surface area (Å²) >= 11 is 0. The summed E-state index contributed by atoms with van der Waals surface area (Å²) in [7, 11) is -3.50. The number of hydrogen-bond donors (Lipinski definition) is 2. The van der Waals surface area contributed by atoms with Crippen molar-refractivity contribution in [2.45, 2.75) is 44.0 Å². The van der Waals surface area contributed by atoms with Crippen LogP contribution in [-0.4, -0.2) is 51.4 Å². The van der Waals surface area contributed by atoms with Crippen molar-refractivity contribution in [3.63, 3.8) is 0 Å². The zero-order chi connectivity index (χ0) is 22.0. The van der Waals surface area contributed by atoms with Crippen LogP contribution in [0.5, 0.6) is 0 Å². The Morgan fingerprint density at radius 3 is 2.61 bits per heavy atom. The maximum absolute atomic E-state index is 13.1. The molecule has 4 rings (SSSR count). The molecule has 0 bridgehead atoms. The average Bonchev–Trinajstić information content (AvgIpc) is 2.74. The van der Waals surface area contributed by atoms with Crippen molar-refractivity contribution in [2.24, 2.45) is 0 Å². The first-order chi connectivity index (χ1) is 14.8. The Morgan fingerprint density at radius 1 is 1.13 bits per heavy atom. The van der Waals surface area contributed by atoms with Crippen LogP contribution in [0.1, 0.15) is 41.1 Å². The van der Waals surface area contributed by atoms with Crippen LogP contribution in [0, 0.1) is 13.8 Å². The fourth-order valence-electron chi connectivity index (χ4n) is 4.82. The Hall–Kier alpha value is -2.22. The second-order valence-corrected chi connectivity index (χ2v) is 10.7. The number of rotatable bonds is 5. The molecule has 0 aromatic heterocycles. The van der Waals surface area contributed by atoms with Crippen molar-refractivity contribution < 1.29 is 18.1 Å². The third-order valence-electron chi connectivity index (χ3n) is 6.49. The molecule has 0 spiro atoms. The lowest BCUT2D eigenvalue weighted by Crippen LogP contribution is -3.15. The summed E-state index contributed by atoms with van der Waals surface area (Å²) in [5, 5.41) is 3.21. The van der Waals surface area contributed by atoms with E-state index in [0.29, 0.717) is 37.6 Å². The van der Waals surface area contributed by atoms with Gasteiger partial charge in [-0.3, -0.25) is 4.79 Å². The maximum atomic E-state index is 13.1. The molecule has 166 valence electrons. The summed E-state index contributed by atoms with van der Waals surface area (Å²) in [4.78, 5) is 14.2. The van der Waals surface area contributed by atoms with Gasteiger partial charge >= 0.3 is 0 Å². The number of nitrogens with one attached hydrogen (secondary N) is 2. The lowest BCUT2D eigenvalue weighted by molar-refractivity contribution is -0.895. The first-order valence-corrected chi connectivity index (χ1v) is 12.6. The Balaban J connectivity index is 1.33. The second kappa shape index (κ2) is 9.10. The highest BCUT2D eigenvalue weighted by atomic mass is 32.2. The van der Waals surface area contributed by atoms with E-state index < -0.39 is 10.0 Å². The molecule has 1 saturated heterocycles. The Morgan fingerprint density at radius 2 is 1.87 bits per heavy atom. The Bertz CT molecular complexity index is 1060. The molecular weight excluding hydrogens is 410 g/mol. The van der Waals surface area contributed by atoms with Crippen molar-refractivity contribution in [3.05, 3.63) is 64.7 Å². The van der Waals surface area contributed by atoms with Gasteiger partial charge < -0.3 is 10.2 Å². The standard InChI is InChI=1S/C24H31N3O3S/c1-18-10-11-23(19(2)16-18)31(29,30)27-14-12-26(13-15-27)17-24(28)25-22-9-5-7-20-6-3-4-8-21(20)22/h3-4,6,8,10-11,16,22H,5,7,9,12-15,17H2,1-2H3,(H,25,28)/p+1/t22-/m1/s1. The Kier molecular flexibility index (Phi) is 6.46. The minimum absolute atomic E-state index is 0.0439. The van der Waals surface area contributed by atoms with Crippen molar-refractivity contribution >= 4 is 15.9 Å². The molecule has 6 nitrogen and oxygen atoms in total. The molecule has 7 heteroatoms. The van der Waals surface area contributed by atoms with Gasteiger partial charge in [0.15, 0.2) is 6.54 Å². The highest BCUT2D eigenvalue weighted by Gasteiger charge is 2.32. The van der Waals surface area contributed by atoms with Gasteiger partial charge in [0.25, 0.3) is 5.91 Å². The zero-order valence-electron chi connectivity index (χ0n) is 18.4. The van der Waals surface area contributed by atoms with Gasteiger partial charge in [-0.05, 0) is 55.9 Å². The second-order valence-electron chi connectivity index (χ2n) is 8.81. The molecular formula is C24H32N3O3S+. The van der Waals surface area contributed by atoms with E-state index in [4.69, 9.17) is 0 Å². The van der Waals surface area contributed by atoms with Gasteiger partial charge in [0.05, 0.1) is 37.1 Å². The number of sulfonamides is 1. The van der Waals surface area contributed by atoms with Crippen LogP contribution in [0.15, 0.2) is 47.4 Å². The fourth-order valence-corrected chi connectivity index (χ4v) is 6.47. The predicted octanol–water partition coefficient (Wildman–Crippen LogP) is 1.39. The van der Waals surface area contributed by atoms with Crippen LogP contribution in [0.25, 0.3) is 0 Å². The van der Waals surface area contributed by atoms with E-state index in [0.717, 1.165) is 35.3 Å². The molecule has 2 aromatic rings. The lowest BCUT2D eigenvalue weighted by atomic mass is 9.88. The molecule has 1 amide bonds. The predicted molar refractivity (Wildman–Crippen MR) is 121 cm³/mol. The number of benzene rings is 2. The Labute approximate surface area is 185 Å². The molecule has 2 aliphatic rings. The molecule has 1 aliphatic carbocycles. The van der Waals surface area contributed by atoms with Gasteiger partial charge in [-0.2, -0.15) is 4.31 Å². The van der Waals surface area contributed by atoms with Gasteiger partial charge in [0, 0.05) is 0 Å².